The molecule has 21 heavy (non-hydrogen) atoms. The minimum Gasteiger partial charge on any atom is -0.379 e. The van der Waals surface area contributed by atoms with Crippen LogP contribution in [-0.4, -0.2) is 43.7 Å². The minimum absolute atomic E-state index is 0.0425. The first-order valence-electron chi connectivity index (χ1n) is 7.55. The van der Waals surface area contributed by atoms with Crippen molar-refractivity contribution >= 4 is 5.91 Å². The van der Waals surface area contributed by atoms with Crippen molar-refractivity contribution in [2.75, 3.05) is 32.8 Å². The second kappa shape index (κ2) is 6.12. The number of carbonyl (C=O) groups is 1. The van der Waals surface area contributed by atoms with Gasteiger partial charge in [0.15, 0.2) is 0 Å². The maximum absolute atomic E-state index is 13.1. The second-order valence-corrected chi connectivity index (χ2v) is 5.88. The van der Waals surface area contributed by atoms with Gasteiger partial charge in [-0.05, 0) is 37.0 Å². The zero-order valence-electron chi connectivity index (χ0n) is 12.1. The smallest absolute Gasteiger partial charge is 0.234 e. The van der Waals surface area contributed by atoms with Crippen molar-refractivity contribution in [3.8, 4) is 0 Å². The summed E-state index contributed by atoms with van der Waals surface area (Å²) >= 11 is 0. The third-order valence-electron chi connectivity index (χ3n) is 4.45. The molecule has 1 aromatic carbocycles. The Balaban J connectivity index is 1.63. The van der Waals surface area contributed by atoms with Crippen molar-refractivity contribution in [1.29, 1.82) is 0 Å². The molecule has 1 aliphatic carbocycles. The topological polar surface area (TPSA) is 41.6 Å². The van der Waals surface area contributed by atoms with Crippen LogP contribution in [0, 0.1) is 5.82 Å². The highest BCUT2D eigenvalue weighted by Gasteiger charge is 2.40. The molecule has 0 bridgehead atoms. The summed E-state index contributed by atoms with van der Waals surface area (Å²) in [5.41, 5.74) is 0.710. The molecular weight excluding hydrogens is 271 g/mol. The van der Waals surface area contributed by atoms with E-state index in [1.54, 1.807) is 12.1 Å². The SMILES string of the molecule is O=C(CN1CCOCC1)NC1(c2ccc(F)cc2)CCC1. The quantitative estimate of drug-likeness (QED) is 0.917. The lowest BCUT2D eigenvalue weighted by Crippen LogP contribution is -2.54. The second-order valence-electron chi connectivity index (χ2n) is 5.88. The lowest BCUT2D eigenvalue weighted by molar-refractivity contribution is -0.126. The fourth-order valence-electron chi connectivity index (χ4n) is 3.05. The van der Waals surface area contributed by atoms with Gasteiger partial charge in [-0.1, -0.05) is 12.1 Å². The Morgan fingerprint density at radius 3 is 2.48 bits per heavy atom. The number of hydrogen-bond acceptors (Lipinski definition) is 3. The highest BCUT2D eigenvalue weighted by molar-refractivity contribution is 5.79. The Hall–Kier alpha value is -1.46. The molecular formula is C16H21FN2O2. The van der Waals surface area contributed by atoms with E-state index in [1.807, 2.05) is 0 Å². The summed E-state index contributed by atoms with van der Waals surface area (Å²) in [6.45, 7) is 3.40. The van der Waals surface area contributed by atoms with E-state index in [0.717, 1.165) is 37.9 Å². The van der Waals surface area contributed by atoms with Gasteiger partial charge in [-0.15, -0.1) is 0 Å². The lowest BCUT2D eigenvalue weighted by Gasteiger charge is -2.43. The molecule has 1 amide bonds. The lowest BCUT2D eigenvalue weighted by atomic mass is 9.71. The van der Waals surface area contributed by atoms with Crippen LogP contribution in [0.4, 0.5) is 4.39 Å². The summed E-state index contributed by atoms with van der Waals surface area (Å²) in [5, 5.41) is 3.17. The van der Waals surface area contributed by atoms with Crippen LogP contribution in [0.5, 0.6) is 0 Å². The number of hydrogen-bond donors (Lipinski definition) is 1. The van der Waals surface area contributed by atoms with E-state index in [1.165, 1.54) is 12.1 Å². The summed E-state index contributed by atoms with van der Waals surface area (Å²) in [6, 6.07) is 6.49. The summed E-state index contributed by atoms with van der Waals surface area (Å²) < 4.78 is 18.3. The maximum Gasteiger partial charge on any atom is 0.234 e. The molecule has 2 fully saturated rings. The van der Waals surface area contributed by atoms with Gasteiger partial charge in [0.25, 0.3) is 0 Å². The van der Waals surface area contributed by atoms with E-state index in [0.29, 0.717) is 19.8 Å². The van der Waals surface area contributed by atoms with Crippen molar-refractivity contribution in [3.63, 3.8) is 0 Å². The van der Waals surface area contributed by atoms with Gasteiger partial charge in [0.2, 0.25) is 5.91 Å². The van der Waals surface area contributed by atoms with Crippen molar-refractivity contribution < 1.29 is 13.9 Å². The predicted octanol–water partition coefficient (Wildman–Crippen LogP) is 1.65. The molecule has 1 aliphatic heterocycles. The Kier molecular flexibility index (Phi) is 4.22. The summed E-state index contributed by atoms with van der Waals surface area (Å²) in [6.07, 6.45) is 2.94. The highest BCUT2D eigenvalue weighted by atomic mass is 19.1. The molecule has 1 saturated carbocycles. The van der Waals surface area contributed by atoms with E-state index < -0.39 is 0 Å². The largest absolute Gasteiger partial charge is 0.379 e. The van der Waals surface area contributed by atoms with Gasteiger partial charge in [-0.2, -0.15) is 0 Å². The number of nitrogens with zero attached hydrogens (tertiary/aromatic N) is 1. The molecule has 5 heteroatoms. The van der Waals surface area contributed by atoms with E-state index in [4.69, 9.17) is 4.74 Å². The number of carbonyl (C=O) groups excluding carboxylic acids is 1. The molecule has 3 rings (SSSR count). The molecule has 0 spiro atoms. The fourth-order valence-corrected chi connectivity index (χ4v) is 3.05. The molecule has 1 N–H and O–H groups in total. The van der Waals surface area contributed by atoms with Crippen LogP contribution in [0.2, 0.25) is 0 Å². The number of rotatable bonds is 4. The predicted molar refractivity (Wildman–Crippen MR) is 77.3 cm³/mol. The summed E-state index contributed by atoms with van der Waals surface area (Å²) in [4.78, 5) is 14.4. The number of ether oxygens (including phenoxy) is 1. The molecule has 0 aromatic heterocycles. The van der Waals surface area contributed by atoms with E-state index in [-0.39, 0.29) is 17.3 Å². The van der Waals surface area contributed by atoms with Crippen LogP contribution >= 0.6 is 0 Å². The summed E-state index contributed by atoms with van der Waals surface area (Å²) in [5.74, 6) is -0.200. The molecule has 4 nitrogen and oxygen atoms in total. The Labute approximate surface area is 124 Å². The van der Waals surface area contributed by atoms with E-state index in [2.05, 4.69) is 10.2 Å². The first-order chi connectivity index (χ1) is 10.2. The third-order valence-corrected chi connectivity index (χ3v) is 4.45. The molecule has 1 saturated heterocycles. The average molecular weight is 292 g/mol. The number of amides is 1. The van der Waals surface area contributed by atoms with Crippen LogP contribution in [0.25, 0.3) is 0 Å². The van der Waals surface area contributed by atoms with Crippen molar-refractivity contribution in [3.05, 3.63) is 35.6 Å². The minimum atomic E-state index is -0.295. The fraction of sp³-hybridized carbons (Fsp3) is 0.562. The van der Waals surface area contributed by atoms with Gasteiger partial charge in [-0.3, -0.25) is 9.69 Å². The van der Waals surface area contributed by atoms with Crippen LogP contribution in [0.1, 0.15) is 24.8 Å². The first-order valence-corrected chi connectivity index (χ1v) is 7.55. The molecule has 0 atom stereocenters. The molecule has 114 valence electrons. The summed E-state index contributed by atoms with van der Waals surface area (Å²) in [7, 11) is 0. The van der Waals surface area contributed by atoms with Crippen molar-refractivity contribution in [2.45, 2.75) is 24.8 Å². The first kappa shape index (κ1) is 14.5. The van der Waals surface area contributed by atoms with Gasteiger partial charge in [0.1, 0.15) is 5.82 Å². The third kappa shape index (κ3) is 3.24. The number of halogens is 1. The van der Waals surface area contributed by atoms with Gasteiger partial charge >= 0.3 is 0 Å². The van der Waals surface area contributed by atoms with Gasteiger partial charge < -0.3 is 10.1 Å². The van der Waals surface area contributed by atoms with Crippen molar-refractivity contribution in [2.24, 2.45) is 0 Å². The molecule has 0 unspecified atom stereocenters. The van der Waals surface area contributed by atoms with Gasteiger partial charge in [0, 0.05) is 13.1 Å². The van der Waals surface area contributed by atoms with Crippen molar-refractivity contribution in [1.82, 2.24) is 10.2 Å². The Bertz CT molecular complexity index is 494. The monoisotopic (exact) mass is 292 g/mol. The molecule has 1 heterocycles. The zero-order valence-corrected chi connectivity index (χ0v) is 12.1. The van der Waals surface area contributed by atoms with Crippen LogP contribution in [0.3, 0.4) is 0 Å². The van der Waals surface area contributed by atoms with Crippen LogP contribution in [-0.2, 0) is 15.1 Å². The highest BCUT2D eigenvalue weighted by Crippen LogP contribution is 2.41. The Morgan fingerprint density at radius 2 is 1.90 bits per heavy atom. The molecule has 1 aromatic rings. The zero-order chi connectivity index (χ0) is 14.7. The molecule has 0 radical (unpaired) electrons. The number of nitrogens with one attached hydrogen (secondary N) is 1. The van der Waals surface area contributed by atoms with Crippen LogP contribution < -0.4 is 5.32 Å². The normalized spacial score (nSPS) is 21.6. The van der Waals surface area contributed by atoms with E-state index in [9.17, 15) is 9.18 Å². The van der Waals surface area contributed by atoms with E-state index >= 15 is 0 Å². The maximum atomic E-state index is 13.1. The van der Waals surface area contributed by atoms with Gasteiger partial charge in [-0.25, -0.2) is 4.39 Å². The number of benzene rings is 1. The molecule has 2 aliphatic rings. The van der Waals surface area contributed by atoms with Gasteiger partial charge in [0.05, 0.1) is 25.3 Å². The standard InChI is InChI=1S/C16H21FN2O2/c17-14-4-2-13(3-5-14)16(6-1-7-16)18-15(20)12-19-8-10-21-11-9-19/h2-5H,1,6-12H2,(H,18,20). The Morgan fingerprint density at radius 1 is 1.24 bits per heavy atom. The van der Waals surface area contributed by atoms with Crippen LogP contribution in [0.15, 0.2) is 24.3 Å². The number of morpholine rings is 1. The average Bonchev–Trinajstić information content (AvgIpc) is 2.45.